The van der Waals surface area contributed by atoms with Gasteiger partial charge in [0.25, 0.3) is 0 Å². The highest BCUT2D eigenvalue weighted by Crippen LogP contribution is 2.24. The highest BCUT2D eigenvalue weighted by Gasteiger charge is 2.20. The van der Waals surface area contributed by atoms with Crippen LogP contribution in [0.4, 0.5) is 0 Å². The van der Waals surface area contributed by atoms with E-state index in [1.807, 2.05) is 4.68 Å². The maximum atomic E-state index is 4.38. The van der Waals surface area contributed by atoms with E-state index < -0.39 is 0 Å². The fourth-order valence-electron chi connectivity index (χ4n) is 2.19. The summed E-state index contributed by atoms with van der Waals surface area (Å²) in [5.41, 5.74) is 1.09. The van der Waals surface area contributed by atoms with Gasteiger partial charge in [-0.05, 0) is 37.8 Å². The van der Waals surface area contributed by atoms with Crippen LogP contribution >= 0.6 is 11.5 Å². The molecule has 0 aromatic carbocycles. The molecule has 7 heteroatoms. The standard InChI is InChI=1S/C13H22N6S/c1-4-7-14-11(13-10(5-2)17-18-20-13)8-12-15-9-16-19(12)6-3/h9,11,14H,4-8H2,1-3H3. The molecule has 0 spiro atoms. The van der Waals surface area contributed by atoms with Gasteiger partial charge in [-0.15, -0.1) is 5.10 Å². The van der Waals surface area contributed by atoms with Gasteiger partial charge >= 0.3 is 0 Å². The van der Waals surface area contributed by atoms with Gasteiger partial charge in [0.05, 0.1) is 16.6 Å². The molecule has 0 saturated carbocycles. The summed E-state index contributed by atoms with van der Waals surface area (Å²) in [6, 6.07) is 0.222. The lowest BCUT2D eigenvalue weighted by Crippen LogP contribution is -2.25. The fourth-order valence-corrected chi connectivity index (χ4v) is 3.01. The zero-order valence-electron chi connectivity index (χ0n) is 12.3. The lowest BCUT2D eigenvalue weighted by Gasteiger charge is -2.17. The van der Waals surface area contributed by atoms with Crippen molar-refractivity contribution in [3.8, 4) is 0 Å². The molecule has 0 radical (unpaired) electrons. The Hall–Kier alpha value is -1.34. The van der Waals surface area contributed by atoms with Gasteiger partial charge < -0.3 is 5.32 Å². The SMILES string of the molecule is CCCNC(Cc1ncnn1CC)c1snnc1CC. The summed E-state index contributed by atoms with van der Waals surface area (Å²) in [6.45, 7) is 8.19. The molecule has 0 amide bonds. The van der Waals surface area contributed by atoms with Crippen molar-refractivity contribution in [2.75, 3.05) is 6.54 Å². The number of nitrogens with one attached hydrogen (secondary N) is 1. The molecule has 0 saturated heterocycles. The van der Waals surface area contributed by atoms with E-state index in [1.165, 1.54) is 16.4 Å². The van der Waals surface area contributed by atoms with Crippen molar-refractivity contribution >= 4 is 11.5 Å². The zero-order valence-corrected chi connectivity index (χ0v) is 13.2. The molecule has 0 fully saturated rings. The van der Waals surface area contributed by atoms with Gasteiger partial charge in [-0.25, -0.2) is 4.98 Å². The van der Waals surface area contributed by atoms with Crippen LogP contribution in [0.2, 0.25) is 0 Å². The molecule has 0 aliphatic heterocycles. The number of rotatable bonds is 8. The zero-order chi connectivity index (χ0) is 14.4. The molecule has 2 aromatic heterocycles. The van der Waals surface area contributed by atoms with Gasteiger partial charge in [-0.2, -0.15) is 5.10 Å². The Morgan fingerprint density at radius 3 is 2.90 bits per heavy atom. The average Bonchev–Trinajstić information content (AvgIpc) is 3.11. The fraction of sp³-hybridized carbons (Fsp3) is 0.692. The first-order valence-electron chi connectivity index (χ1n) is 7.21. The lowest BCUT2D eigenvalue weighted by atomic mass is 10.1. The molecular weight excluding hydrogens is 272 g/mol. The third-order valence-electron chi connectivity index (χ3n) is 3.26. The second-order valence-electron chi connectivity index (χ2n) is 4.64. The maximum absolute atomic E-state index is 4.38. The maximum Gasteiger partial charge on any atom is 0.138 e. The first-order valence-corrected chi connectivity index (χ1v) is 7.98. The molecule has 1 unspecified atom stereocenters. The first-order chi connectivity index (χ1) is 9.80. The second kappa shape index (κ2) is 7.44. The highest BCUT2D eigenvalue weighted by molar-refractivity contribution is 7.05. The summed E-state index contributed by atoms with van der Waals surface area (Å²) in [5.74, 6) is 1.01. The summed E-state index contributed by atoms with van der Waals surface area (Å²) in [5, 5.41) is 12.0. The third kappa shape index (κ3) is 3.40. The van der Waals surface area contributed by atoms with Crippen LogP contribution in [0.15, 0.2) is 6.33 Å². The van der Waals surface area contributed by atoms with Crippen molar-refractivity contribution in [1.82, 2.24) is 29.7 Å². The summed E-state index contributed by atoms with van der Waals surface area (Å²) >= 11 is 1.49. The normalized spacial score (nSPS) is 12.8. The number of aryl methyl sites for hydroxylation is 2. The largest absolute Gasteiger partial charge is 0.309 e. The highest BCUT2D eigenvalue weighted by atomic mass is 32.1. The molecular formula is C13H22N6S. The van der Waals surface area contributed by atoms with Crippen LogP contribution < -0.4 is 5.32 Å². The lowest BCUT2D eigenvalue weighted by molar-refractivity contribution is 0.499. The van der Waals surface area contributed by atoms with E-state index in [-0.39, 0.29) is 6.04 Å². The van der Waals surface area contributed by atoms with Crippen LogP contribution in [0.5, 0.6) is 0 Å². The molecule has 110 valence electrons. The van der Waals surface area contributed by atoms with Crippen molar-refractivity contribution in [3.05, 3.63) is 22.7 Å². The van der Waals surface area contributed by atoms with E-state index >= 15 is 0 Å². The summed E-state index contributed by atoms with van der Waals surface area (Å²) in [4.78, 5) is 5.60. The Kier molecular flexibility index (Phi) is 5.60. The summed E-state index contributed by atoms with van der Waals surface area (Å²) in [7, 11) is 0. The molecule has 0 bridgehead atoms. The molecule has 20 heavy (non-hydrogen) atoms. The van der Waals surface area contributed by atoms with Gasteiger partial charge in [-0.3, -0.25) is 4.68 Å². The molecule has 2 aromatic rings. The Balaban J connectivity index is 2.19. The first kappa shape index (κ1) is 15.1. The van der Waals surface area contributed by atoms with E-state index in [1.54, 1.807) is 6.33 Å². The quantitative estimate of drug-likeness (QED) is 0.806. The minimum Gasteiger partial charge on any atom is -0.309 e. The number of nitrogens with zero attached hydrogens (tertiary/aromatic N) is 5. The second-order valence-corrected chi connectivity index (χ2v) is 5.43. The van der Waals surface area contributed by atoms with Crippen LogP contribution in [0.1, 0.15) is 49.6 Å². The predicted octanol–water partition coefficient (Wildman–Crippen LogP) is 2.00. The van der Waals surface area contributed by atoms with Gasteiger partial charge in [-0.1, -0.05) is 18.3 Å². The molecule has 6 nitrogen and oxygen atoms in total. The predicted molar refractivity (Wildman–Crippen MR) is 79.7 cm³/mol. The van der Waals surface area contributed by atoms with Crippen molar-refractivity contribution in [2.24, 2.45) is 0 Å². The van der Waals surface area contributed by atoms with E-state index in [2.05, 4.69) is 45.8 Å². The van der Waals surface area contributed by atoms with Gasteiger partial charge in [0.15, 0.2) is 0 Å². The smallest absolute Gasteiger partial charge is 0.138 e. The van der Waals surface area contributed by atoms with Crippen molar-refractivity contribution in [1.29, 1.82) is 0 Å². The molecule has 0 aliphatic rings. The minimum atomic E-state index is 0.222. The molecule has 0 aliphatic carbocycles. The van der Waals surface area contributed by atoms with Crippen LogP contribution in [0, 0.1) is 0 Å². The van der Waals surface area contributed by atoms with E-state index in [0.29, 0.717) is 0 Å². The number of aromatic nitrogens is 5. The Morgan fingerprint density at radius 1 is 1.35 bits per heavy atom. The number of hydrogen-bond donors (Lipinski definition) is 1. The van der Waals surface area contributed by atoms with Crippen LogP contribution in [-0.2, 0) is 19.4 Å². The van der Waals surface area contributed by atoms with Crippen molar-refractivity contribution < 1.29 is 0 Å². The topological polar surface area (TPSA) is 68.5 Å². The van der Waals surface area contributed by atoms with Gasteiger partial charge in [0, 0.05) is 13.0 Å². The van der Waals surface area contributed by atoms with E-state index in [4.69, 9.17) is 0 Å². The molecule has 1 atom stereocenters. The Labute approximate surface area is 123 Å². The van der Waals surface area contributed by atoms with E-state index in [9.17, 15) is 0 Å². The molecule has 2 heterocycles. The van der Waals surface area contributed by atoms with Crippen molar-refractivity contribution in [2.45, 2.75) is 52.6 Å². The monoisotopic (exact) mass is 294 g/mol. The van der Waals surface area contributed by atoms with Crippen LogP contribution in [0.3, 0.4) is 0 Å². The Morgan fingerprint density at radius 2 is 2.20 bits per heavy atom. The Bertz CT molecular complexity index is 520. The number of hydrogen-bond acceptors (Lipinski definition) is 6. The summed E-state index contributed by atoms with van der Waals surface area (Å²) in [6.07, 6.45) is 4.47. The van der Waals surface area contributed by atoms with Crippen molar-refractivity contribution in [3.63, 3.8) is 0 Å². The third-order valence-corrected chi connectivity index (χ3v) is 4.14. The van der Waals surface area contributed by atoms with Crippen LogP contribution in [-0.4, -0.2) is 30.9 Å². The molecule has 1 N–H and O–H groups in total. The average molecular weight is 294 g/mol. The van der Waals surface area contributed by atoms with Gasteiger partial charge in [0.1, 0.15) is 12.2 Å². The summed E-state index contributed by atoms with van der Waals surface area (Å²) < 4.78 is 6.05. The molecule has 2 rings (SSSR count). The minimum absolute atomic E-state index is 0.222. The van der Waals surface area contributed by atoms with E-state index in [0.717, 1.165) is 43.9 Å². The van der Waals surface area contributed by atoms with Gasteiger partial charge in [0.2, 0.25) is 0 Å². The van der Waals surface area contributed by atoms with Crippen LogP contribution in [0.25, 0.3) is 0 Å².